The van der Waals surface area contributed by atoms with Gasteiger partial charge in [-0.2, -0.15) is 5.10 Å². The third-order valence-corrected chi connectivity index (χ3v) is 5.11. The number of pyridine rings is 2. The van der Waals surface area contributed by atoms with Gasteiger partial charge >= 0.3 is 0 Å². The molecular weight excluding hydrogens is 374 g/mol. The van der Waals surface area contributed by atoms with Gasteiger partial charge in [0, 0.05) is 34.9 Å². The van der Waals surface area contributed by atoms with Gasteiger partial charge < -0.3 is 5.73 Å². The minimum Gasteiger partial charge on any atom is -0.399 e. The predicted octanol–water partition coefficient (Wildman–Crippen LogP) is 4.40. The molecule has 0 amide bonds. The van der Waals surface area contributed by atoms with E-state index in [1.54, 1.807) is 12.3 Å². The number of hydrogen-bond acceptors (Lipinski definition) is 7. The molecule has 30 heavy (non-hydrogen) atoms. The van der Waals surface area contributed by atoms with Crippen LogP contribution in [0.25, 0.3) is 33.3 Å². The number of anilines is 2. The zero-order chi connectivity index (χ0) is 20.7. The van der Waals surface area contributed by atoms with Crippen molar-refractivity contribution in [3.63, 3.8) is 0 Å². The molecule has 6 aromatic rings. The highest BCUT2D eigenvalue weighted by atomic mass is 15.3. The number of nitrogens with two attached hydrogens (primary N) is 1. The van der Waals surface area contributed by atoms with E-state index in [4.69, 9.17) is 10.7 Å². The molecule has 2 aromatic carbocycles. The third-order valence-electron chi connectivity index (χ3n) is 5.11. The molecule has 0 aliphatic carbocycles. The Balaban J connectivity index is 1.50. The zero-order valence-corrected chi connectivity index (χ0v) is 16.6. The monoisotopic (exact) mass is 393 g/mol. The molecular formula is C23H19N7. The maximum Gasteiger partial charge on any atom is 0.181 e. The van der Waals surface area contributed by atoms with Crippen LogP contribution in [0.3, 0.4) is 0 Å². The highest BCUT2D eigenvalue weighted by Gasteiger charge is 2.16. The standard InChI is InChI=1S/C23H19N7/c1-13-4-3-5-17-18-12-26-22(20(13)17)28-21(18)23-25-11-10-19(27-23)30-29-14(2)15-6-8-16(24)9-7-15/h3-12H,24H2,1-2H3,(H,25,27,30)/b29-14+. The molecule has 0 fully saturated rings. The molecule has 0 spiro atoms. The Bertz CT molecular complexity index is 1390. The number of nitrogens with one attached hydrogen (secondary N) is 1. The summed E-state index contributed by atoms with van der Waals surface area (Å²) in [5.74, 6) is 1.12. The number of hydrogen-bond donors (Lipinski definition) is 2. The lowest BCUT2D eigenvalue weighted by atomic mass is 10.0. The van der Waals surface area contributed by atoms with Gasteiger partial charge in [-0.3, -0.25) is 5.43 Å². The van der Waals surface area contributed by atoms with Crippen molar-refractivity contribution in [1.29, 1.82) is 0 Å². The van der Waals surface area contributed by atoms with E-state index >= 15 is 0 Å². The molecule has 7 heteroatoms. The average molecular weight is 393 g/mol. The molecule has 0 atom stereocenters. The first-order chi connectivity index (χ1) is 14.6. The number of hydrazone groups is 1. The normalized spacial score (nSPS) is 12.0. The fourth-order valence-corrected chi connectivity index (χ4v) is 3.52. The lowest BCUT2D eigenvalue weighted by Crippen LogP contribution is -2.03. The number of benzene rings is 2. The lowest BCUT2D eigenvalue weighted by Gasteiger charge is -2.12. The Labute approximate surface area is 173 Å². The van der Waals surface area contributed by atoms with E-state index in [2.05, 4.69) is 44.5 Å². The molecule has 4 heterocycles. The Morgan fingerprint density at radius 1 is 0.967 bits per heavy atom. The number of nitrogen functional groups attached to an aromatic ring is 1. The smallest absolute Gasteiger partial charge is 0.181 e. The summed E-state index contributed by atoms with van der Waals surface area (Å²) < 4.78 is 0. The van der Waals surface area contributed by atoms with Crippen LogP contribution >= 0.6 is 0 Å². The van der Waals surface area contributed by atoms with Gasteiger partial charge in [-0.15, -0.1) is 0 Å². The average Bonchev–Trinajstić information content (AvgIpc) is 2.78. The van der Waals surface area contributed by atoms with E-state index in [1.165, 1.54) is 0 Å². The Hall–Kier alpha value is -4.13. The summed E-state index contributed by atoms with van der Waals surface area (Å²) in [6.45, 7) is 3.99. The molecule has 0 radical (unpaired) electrons. The van der Waals surface area contributed by atoms with Crippen LogP contribution in [0.5, 0.6) is 0 Å². The van der Waals surface area contributed by atoms with Gasteiger partial charge in [-0.1, -0.05) is 30.3 Å². The van der Waals surface area contributed by atoms with Gasteiger partial charge in [0.2, 0.25) is 0 Å². The fraction of sp³-hybridized carbons (Fsp3) is 0.0870. The number of aryl methyl sites for hydroxylation is 1. The summed E-state index contributed by atoms with van der Waals surface area (Å²) in [6, 6.07) is 15.5. The molecule has 2 bridgehead atoms. The van der Waals surface area contributed by atoms with Crippen molar-refractivity contribution in [1.82, 2.24) is 19.9 Å². The van der Waals surface area contributed by atoms with Crippen LogP contribution in [-0.2, 0) is 0 Å². The largest absolute Gasteiger partial charge is 0.399 e. The predicted molar refractivity (Wildman–Crippen MR) is 121 cm³/mol. The maximum atomic E-state index is 5.75. The highest BCUT2D eigenvalue weighted by Crippen LogP contribution is 2.33. The van der Waals surface area contributed by atoms with Crippen LogP contribution in [0.15, 0.2) is 66.0 Å². The van der Waals surface area contributed by atoms with Crippen LogP contribution in [0.1, 0.15) is 18.1 Å². The van der Waals surface area contributed by atoms with Crippen molar-refractivity contribution in [2.75, 3.05) is 11.2 Å². The topological polar surface area (TPSA) is 102 Å². The first-order valence-corrected chi connectivity index (χ1v) is 9.57. The minimum absolute atomic E-state index is 0.533. The number of nitrogens with zero attached hydrogens (tertiary/aromatic N) is 5. The first kappa shape index (κ1) is 17.9. The molecule has 7 nitrogen and oxygen atoms in total. The van der Waals surface area contributed by atoms with Crippen LogP contribution in [0.2, 0.25) is 0 Å². The second-order valence-corrected chi connectivity index (χ2v) is 7.15. The Morgan fingerprint density at radius 2 is 1.80 bits per heavy atom. The minimum atomic E-state index is 0.533. The van der Waals surface area contributed by atoms with Gasteiger partial charge in [0.05, 0.1) is 5.71 Å². The number of aromatic nitrogens is 4. The molecule has 146 valence electrons. The van der Waals surface area contributed by atoms with E-state index in [9.17, 15) is 0 Å². The summed E-state index contributed by atoms with van der Waals surface area (Å²) in [7, 11) is 0. The quantitative estimate of drug-likeness (QED) is 0.266. The molecule has 0 saturated carbocycles. The summed E-state index contributed by atoms with van der Waals surface area (Å²) >= 11 is 0. The highest BCUT2D eigenvalue weighted by molar-refractivity contribution is 6.11. The van der Waals surface area contributed by atoms with Crippen LogP contribution in [0.4, 0.5) is 11.5 Å². The molecule has 3 N–H and O–H groups in total. The number of fused-ring (bicyclic) bond motifs is 2. The van der Waals surface area contributed by atoms with Crippen LogP contribution in [0, 0.1) is 6.92 Å². The van der Waals surface area contributed by atoms with Gasteiger partial charge in [-0.25, -0.2) is 19.9 Å². The van der Waals surface area contributed by atoms with Gasteiger partial charge in [0.25, 0.3) is 0 Å². The van der Waals surface area contributed by atoms with Gasteiger partial charge in [0.15, 0.2) is 11.5 Å². The van der Waals surface area contributed by atoms with E-state index < -0.39 is 0 Å². The van der Waals surface area contributed by atoms with Crippen molar-refractivity contribution >= 4 is 39.0 Å². The number of rotatable bonds is 4. The van der Waals surface area contributed by atoms with Gasteiger partial charge in [-0.05, 0) is 42.5 Å². The van der Waals surface area contributed by atoms with Crippen LogP contribution in [-0.4, -0.2) is 25.6 Å². The Morgan fingerprint density at radius 3 is 2.63 bits per heavy atom. The summed E-state index contributed by atoms with van der Waals surface area (Å²) in [5, 5.41) is 7.56. The second kappa shape index (κ2) is 7.04. The van der Waals surface area contributed by atoms with E-state index in [0.717, 1.165) is 44.4 Å². The van der Waals surface area contributed by atoms with Crippen molar-refractivity contribution in [3.8, 4) is 11.5 Å². The van der Waals surface area contributed by atoms with E-state index in [1.807, 2.05) is 43.5 Å². The summed E-state index contributed by atoms with van der Waals surface area (Å²) in [6.07, 6.45) is 3.54. The second-order valence-electron chi connectivity index (χ2n) is 7.15. The summed E-state index contributed by atoms with van der Waals surface area (Å²) in [5.41, 5.74) is 13.9. The molecule has 4 aromatic heterocycles. The van der Waals surface area contributed by atoms with Crippen molar-refractivity contribution in [2.24, 2.45) is 5.10 Å². The molecule has 6 rings (SSSR count). The van der Waals surface area contributed by atoms with E-state index in [-0.39, 0.29) is 0 Å². The van der Waals surface area contributed by atoms with Crippen molar-refractivity contribution in [2.45, 2.75) is 13.8 Å². The van der Waals surface area contributed by atoms with E-state index in [0.29, 0.717) is 17.3 Å². The molecule has 0 aliphatic rings. The van der Waals surface area contributed by atoms with Gasteiger partial charge in [0.1, 0.15) is 11.5 Å². The molecule has 0 saturated heterocycles. The van der Waals surface area contributed by atoms with Crippen molar-refractivity contribution in [3.05, 3.63) is 72.1 Å². The first-order valence-electron chi connectivity index (χ1n) is 9.57. The fourth-order valence-electron chi connectivity index (χ4n) is 3.52. The lowest BCUT2D eigenvalue weighted by molar-refractivity contribution is 1.12. The zero-order valence-electron chi connectivity index (χ0n) is 16.6. The third kappa shape index (κ3) is 3.06. The SMILES string of the molecule is C/C(=N\Nc1ccnc(-c2nc3ncc2c2cccc(C)c32)n1)c1ccc(N)cc1. The summed E-state index contributed by atoms with van der Waals surface area (Å²) in [4.78, 5) is 18.2. The molecule has 0 unspecified atom stereocenters. The van der Waals surface area contributed by atoms with Crippen LogP contribution < -0.4 is 11.2 Å². The molecule has 0 aliphatic heterocycles. The Kier molecular flexibility index (Phi) is 4.21. The van der Waals surface area contributed by atoms with Crippen molar-refractivity contribution < 1.29 is 0 Å². The maximum absolute atomic E-state index is 5.75.